The van der Waals surface area contributed by atoms with E-state index < -0.39 is 0 Å². The molecule has 2 nitrogen and oxygen atoms in total. The van der Waals surface area contributed by atoms with Crippen molar-refractivity contribution < 1.29 is 5.11 Å². The zero-order valence-corrected chi connectivity index (χ0v) is 12.4. The number of nitrogens with one attached hydrogen (secondary N) is 1. The Morgan fingerprint density at radius 3 is 2.68 bits per heavy atom. The Balaban J connectivity index is 1.75. The van der Waals surface area contributed by atoms with Gasteiger partial charge in [-0.3, -0.25) is 0 Å². The van der Waals surface area contributed by atoms with Gasteiger partial charge in [0.2, 0.25) is 0 Å². The molecule has 0 atom stereocenters. The number of hydrogen-bond acceptors (Lipinski definition) is 2. The molecular formula is C17H27NO. The maximum atomic E-state index is 9.03. The lowest BCUT2D eigenvalue weighted by molar-refractivity contribution is 0.187. The molecule has 0 aromatic heterocycles. The van der Waals surface area contributed by atoms with Crippen molar-refractivity contribution in [2.45, 2.75) is 52.0 Å². The third kappa shape index (κ3) is 4.05. The van der Waals surface area contributed by atoms with Crippen LogP contribution in [0.1, 0.15) is 50.2 Å². The molecule has 1 fully saturated rings. The highest BCUT2D eigenvalue weighted by atomic mass is 16.3. The normalized spacial score (nSPS) is 23.2. The average molecular weight is 261 g/mol. The maximum absolute atomic E-state index is 9.03. The first-order valence-electron chi connectivity index (χ1n) is 7.41. The first kappa shape index (κ1) is 14.5. The van der Waals surface area contributed by atoms with Crippen LogP contribution in [0.25, 0.3) is 0 Å². The molecule has 0 aliphatic heterocycles. The largest absolute Gasteiger partial charge is 0.396 e. The van der Waals surface area contributed by atoms with E-state index in [2.05, 4.69) is 50.4 Å². The summed E-state index contributed by atoms with van der Waals surface area (Å²) in [6.07, 6.45) is 3.37. The van der Waals surface area contributed by atoms with Gasteiger partial charge in [-0.25, -0.2) is 0 Å². The zero-order chi connectivity index (χ0) is 13.9. The van der Waals surface area contributed by atoms with E-state index in [-0.39, 0.29) is 12.0 Å². The quantitative estimate of drug-likeness (QED) is 0.824. The summed E-state index contributed by atoms with van der Waals surface area (Å²) in [5, 5.41) is 12.7. The van der Waals surface area contributed by atoms with E-state index >= 15 is 0 Å². The van der Waals surface area contributed by atoms with Gasteiger partial charge in [-0.1, -0.05) is 43.7 Å². The lowest BCUT2D eigenvalue weighted by Gasteiger charge is -2.38. The predicted octanol–water partition coefficient (Wildman–Crippen LogP) is 3.24. The smallest absolute Gasteiger partial charge is 0.0436 e. The van der Waals surface area contributed by atoms with Gasteiger partial charge in [-0.2, -0.15) is 0 Å². The number of benzene rings is 1. The lowest BCUT2D eigenvalue weighted by atomic mass is 9.75. The summed E-state index contributed by atoms with van der Waals surface area (Å²) in [5.41, 5.74) is 3.05. The van der Waals surface area contributed by atoms with Crippen molar-refractivity contribution in [2.75, 3.05) is 13.2 Å². The van der Waals surface area contributed by atoms with Crippen LogP contribution in [0, 0.1) is 12.3 Å². The van der Waals surface area contributed by atoms with Gasteiger partial charge in [-0.15, -0.1) is 0 Å². The van der Waals surface area contributed by atoms with Crippen LogP contribution >= 0.6 is 0 Å². The van der Waals surface area contributed by atoms with Crippen LogP contribution < -0.4 is 5.32 Å². The molecule has 0 amide bonds. The molecule has 2 heteroatoms. The highest BCUT2D eigenvalue weighted by Crippen LogP contribution is 2.37. The molecular weight excluding hydrogens is 234 g/mol. The van der Waals surface area contributed by atoms with Gasteiger partial charge in [0.1, 0.15) is 0 Å². The first-order chi connectivity index (χ1) is 9.00. The molecule has 0 unspecified atom stereocenters. The third-order valence-electron chi connectivity index (χ3n) is 4.31. The van der Waals surface area contributed by atoms with Crippen LogP contribution in [-0.2, 0) is 0 Å². The summed E-state index contributed by atoms with van der Waals surface area (Å²) in [5.74, 6) is 0.735. The zero-order valence-electron chi connectivity index (χ0n) is 12.4. The van der Waals surface area contributed by atoms with E-state index in [1.54, 1.807) is 0 Å². The number of aliphatic hydroxyl groups excluding tert-OH is 1. The Labute approximate surface area is 117 Å². The van der Waals surface area contributed by atoms with Crippen LogP contribution in [0.3, 0.4) is 0 Å². The van der Waals surface area contributed by atoms with Gasteiger partial charge in [0.05, 0.1) is 0 Å². The van der Waals surface area contributed by atoms with Crippen molar-refractivity contribution in [3.8, 4) is 0 Å². The minimum Gasteiger partial charge on any atom is -0.396 e. The number of rotatable bonds is 6. The molecule has 0 radical (unpaired) electrons. The summed E-state index contributed by atoms with van der Waals surface area (Å²) in [4.78, 5) is 0. The molecule has 0 bridgehead atoms. The standard InChI is InChI=1S/C17H27NO/c1-13-5-4-6-14(9-13)15-10-16(11-15)18-12-17(2,3)7-8-19/h4-6,9,15-16,18-19H,7-8,10-12H2,1-3H3. The minimum atomic E-state index is 0.198. The van der Waals surface area contributed by atoms with E-state index in [0.717, 1.165) is 18.9 Å². The fraction of sp³-hybridized carbons (Fsp3) is 0.647. The van der Waals surface area contributed by atoms with Crippen LogP contribution in [0.2, 0.25) is 0 Å². The number of aryl methyl sites for hydroxylation is 1. The Hall–Kier alpha value is -0.860. The fourth-order valence-electron chi connectivity index (χ4n) is 2.79. The van der Waals surface area contributed by atoms with Gasteiger partial charge in [0, 0.05) is 19.2 Å². The predicted molar refractivity (Wildman–Crippen MR) is 80.4 cm³/mol. The Morgan fingerprint density at radius 1 is 1.32 bits per heavy atom. The molecule has 1 aromatic rings. The molecule has 1 aliphatic carbocycles. The Morgan fingerprint density at radius 2 is 2.05 bits per heavy atom. The lowest BCUT2D eigenvalue weighted by Crippen LogP contribution is -2.44. The van der Waals surface area contributed by atoms with E-state index in [1.807, 2.05) is 0 Å². The summed E-state index contributed by atoms with van der Waals surface area (Å²) in [6, 6.07) is 9.55. The first-order valence-corrected chi connectivity index (χ1v) is 7.41. The van der Waals surface area contributed by atoms with Gasteiger partial charge < -0.3 is 10.4 Å². The fourth-order valence-corrected chi connectivity index (χ4v) is 2.79. The molecule has 2 N–H and O–H groups in total. The van der Waals surface area contributed by atoms with Gasteiger partial charge in [-0.05, 0) is 43.1 Å². The molecule has 0 spiro atoms. The molecule has 0 heterocycles. The molecule has 19 heavy (non-hydrogen) atoms. The van der Waals surface area contributed by atoms with Gasteiger partial charge >= 0.3 is 0 Å². The van der Waals surface area contributed by atoms with Crippen molar-refractivity contribution in [2.24, 2.45) is 5.41 Å². The van der Waals surface area contributed by atoms with Crippen molar-refractivity contribution in [3.05, 3.63) is 35.4 Å². The SMILES string of the molecule is Cc1cccc(C2CC(NCC(C)(C)CCO)C2)c1. The monoisotopic (exact) mass is 261 g/mol. The van der Waals surface area contributed by atoms with Crippen LogP contribution in [0.15, 0.2) is 24.3 Å². The molecule has 1 saturated carbocycles. The maximum Gasteiger partial charge on any atom is 0.0436 e. The van der Waals surface area contributed by atoms with E-state index in [0.29, 0.717) is 6.04 Å². The van der Waals surface area contributed by atoms with Crippen LogP contribution in [-0.4, -0.2) is 24.3 Å². The number of aliphatic hydroxyl groups is 1. The summed E-state index contributed by atoms with van der Waals surface area (Å²) >= 11 is 0. The van der Waals surface area contributed by atoms with Crippen LogP contribution in [0.5, 0.6) is 0 Å². The van der Waals surface area contributed by atoms with Crippen LogP contribution in [0.4, 0.5) is 0 Å². The molecule has 1 aliphatic rings. The highest BCUT2D eigenvalue weighted by molar-refractivity contribution is 5.27. The highest BCUT2D eigenvalue weighted by Gasteiger charge is 2.31. The Kier molecular flexibility index (Phi) is 4.64. The van der Waals surface area contributed by atoms with Gasteiger partial charge in [0.25, 0.3) is 0 Å². The van der Waals surface area contributed by atoms with E-state index in [4.69, 9.17) is 5.11 Å². The molecule has 1 aromatic carbocycles. The molecule has 2 rings (SSSR count). The summed E-state index contributed by atoms with van der Waals surface area (Å²) < 4.78 is 0. The summed E-state index contributed by atoms with van der Waals surface area (Å²) in [7, 11) is 0. The second-order valence-corrected chi connectivity index (χ2v) is 6.80. The topological polar surface area (TPSA) is 32.3 Å². The Bertz CT molecular complexity index is 407. The second-order valence-electron chi connectivity index (χ2n) is 6.80. The molecule has 106 valence electrons. The second kappa shape index (κ2) is 6.06. The van der Waals surface area contributed by atoms with E-state index in [1.165, 1.54) is 24.0 Å². The third-order valence-corrected chi connectivity index (χ3v) is 4.31. The van der Waals surface area contributed by atoms with Crippen molar-refractivity contribution in [1.82, 2.24) is 5.32 Å². The summed E-state index contributed by atoms with van der Waals surface area (Å²) in [6.45, 7) is 7.87. The average Bonchev–Trinajstić information content (AvgIpc) is 2.26. The molecule has 0 saturated heterocycles. The van der Waals surface area contributed by atoms with Crippen molar-refractivity contribution in [3.63, 3.8) is 0 Å². The van der Waals surface area contributed by atoms with Crippen molar-refractivity contribution >= 4 is 0 Å². The minimum absolute atomic E-state index is 0.198. The number of hydrogen-bond donors (Lipinski definition) is 2. The van der Waals surface area contributed by atoms with Crippen molar-refractivity contribution in [1.29, 1.82) is 0 Å². The van der Waals surface area contributed by atoms with Gasteiger partial charge in [0.15, 0.2) is 0 Å². The van der Waals surface area contributed by atoms with E-state index in [9.17, 15) is 0 Å².